The van der Waals surface area contributed by atoms with Gasteiger partial charge in [-0.15, -0.1) is 0 Å². The van der Waals surface area contributed by atoms with Crippen LogP contribution in [-0.2, 0) is 11.2 Å². The van der Waals surface area contributed by atoms with E-state index in [4.69, 9.17) is 9.47 Å². The predicted molar refractivity (Wildman–Crippen MR) is 65.9 cm³/mol. The molecule has 1 aliphatic heterocycles. The molecule has 0 fully saturated rings. The fourth-order valence-electron chi connectivity index (χ4n) is 2.43. The molecule has 0 N–H and O–H groups in total. The highest BCUT2D eigenvalue weighted by Crippen LogP contribution is 2.40. The minimum atomic E-state index is 0.0588. The molecule has 0 saturated heterocycles. The van der Waals surface area contributed by atoms with Crippen molar-refractivity contribution >= 4 is 11.6 Å². The summed E-state index contributed by atoms with van der Waals surface area (Å²) in [4.78, 5) is 13.4. The standard InChI is InChI=1S/C13H17NO3/c1-8-5-10-6-12(16-3)13(17-4)7-11(10)14(8)9(2)15/h6-8H,5H2,1-4H3. The Morgan fingerprint density at radius 2 is 1.88 bits per heavy atom. The first-order valence-electron chi connectivity index (χ1n) is 5.63. The monoisotopic (exact) mass is 235 g/mol. The van der Waals surface area contributed by atoms with Crippen molar-refractivity contribution in [2.75, 3.05) is 19.1 Å². The van der Waals surface area contributed by atoms with Gasteiger partial charge in [-0.05, 0) is 25.0 Å². The Balaban J connectivity index is 2.52. The Morgan fingerprint density at radius 3 is 2.41 bits per heavy atom. The number of benzene rings is 1. The largest absolute Gasteiger partial charge is 0.493 e. The number of methoxy groups -OCH3 is 2. The van der Waals surface area contributed by atoms with Gasteiger partial charge in [0.05, 0.1) is 19.9 Å². The maximum atomic E-state index is 11.6. The number of carbonyl (C=O) groups excluding carboxylic acids is 1. The zero-order chi connectivity index (χ0) is 12.6. The number of fused-ring (bicyclic) bond motifs is 1. The maximum absolute atomic E-state index is 11.6. The molecule has 0 bridgehead atoms. The second kappa shape index (κ2) is 4.28. The Morgan fingerprint density at radius 1 is 1.29 bits per heavy atom. The summed E-state index contributed by atoms with van der Waals surface area (Å²) in [6, 6.07) is 4.02. The third-order valence-electron chi connectivity index (χ3n) is 3.14. The molecule has 0 saturated carbocycles. The molecule has 4 nitrogen and oxygen atoms in total. The SMILES string of the molecule is COc1cc2c(cc1OC)N(C(C)=O)C(C)C2. The highest BCUT2D eigenvalue weighted by molar-refractivity contribution is 5.95. The van der Waals surface area contributed by atoms with Crippen LogP contribution in [0.3, 0.4) is 0 Å². The number of hydrogen-bond acceptors (Lipinski definition) is 3. The van der Waals surface area contributed by atoms with E-state index in [1.165, 1.54) is 0 Å². The molecule has 1 atom stereocenters. The Bertz CT molecular complexity index is 456. The first kappa shape index (κ1) is 11.8. The van der Waals surface area contributed by atoms with E-state index in [0.717, 1.165) is 17.7 Å². The lowest BCUT2D eigenvalue weighted by molar-refractivity contribution is -0.116. The average molecular weight is 235 g/mol. The minimum absolute atomic E-state index is 0.0588. The van der Waals surface area contributed by atoms with E-state index in [1.807, 2.05) is 19.1 Å². The summed E-state index contributed by atoms with van der Waals surface area (Å²) in [6.07, 6.45) is 0.856. The fourth-order valence-corrected chi connectivity index (χ4v) is 2.43. The van der Waals surface area contributed by atoms with Crippen LogP contribution in [0, 0.1) is 0 Å². The summed E-state index contributed by atoms with van der Waals surface area (Å²) in [5.74, 6) is 1.43. The summed E-state index contributed by atoms with van der Waals surface area (Å²) >= 11 is 0. The molecule has 1 unspecified atom stereocenters. The number of amides is 1. The zero-order valence-corrected chi connectivity index (χ0v) is 10.6. The van der Waals surface area contributed by atoms with Crippen LogP contribution in [0.15, 0.2) is 12.1 Å². The summed E-state index contributed by atoms with van der Waals surface area (Å²) in [5, 5.41) is 0. The first-order valence-corrected chi connectivity index (χ1v) is 5.63. The van der Waals surface area contributed by atoms with Crippen LogP contribution in [0.1, 0.15) is 19.4 Å². The molecular formula is C13H17NO3. The molecular weight excluding hydrogens is 218 g/mol. The van der Waals surface area contributed by atoms with Crippen LogP contribution >= 0.6 is 0 Å². The van der Waals surface area contributed by atoms with Crippen LogP contribution in [0.2, 0.25) is 0 Å². The molecule has 1 aliphatic rings. The van der Waals surface area contributed by atoms with Crippen molar-refractivity contribution < 1.29 is 14.3 Å². The van der Waals surface area contributed by atoms with Crippen molar-refractivity contribution in [1.82, 2.24) is 0 Å². The van der Waals surface area contributed by atoms with Gasteiger partial charge in [0.15, 0.2) is 11.5 Å². The zero-order valence-electron chi connectivity index (χ0n) is 10.6. The van der Waals surface area contributed by atoms with Crippen LogP contribution in [-0.4, -0.2) is 26.2 Å². The van der Waals surface area contributed by atoms with E-state index < -0.39 is 0 Å². The minimum Gasteiger partial charge on any atom is -0.493 e. The first-order chi connectivity index (χ1) is 8.08. The third kappa shape index (κ3) is 1.84. The lowest BCUT2D eigenvalue weighted by atomic mass is 10.1. The highest BCUT2D eigenvalue weighted by atomic mass is 16.5. The van der Waals surface area contributed by atoms with Gasteiger partial charge in [-0.3, -0.25) is 4.79 Å². The van der Waals surface area contributed by atoms with Crippen LogP contribution in [0.4, 0.5) is 5.69 Å². The van der Waals surface area contributed by atoms with Crippen LogP contribution < -0.4 is 14.4 Å². The molecule has 0 spiro atoms. The Hall–Kier alpha value is -1.71. The third-order valence-corrected chi connectivity index (χ3v) is 3.14. The second-order valence-corrected chi connectivity index (χ2v) is 4.28. The van der Waals surface area contributed by atoms with Crippen molar-refractivity contribution in [1.29, 1.82) is 0 Å². The number of rotatable bonds is 2. The number of nitrogens with zero attached hydrogens (tertiary/aromatic N) is 1. The van der Waals surface area contributed by atoms with E-state index in [0.29, 0.717) is 11.5 Å². The number of carbonyl (C=O) groups is 1. The molecule has 0 aromatic heterocycles. The molecule has 92 valence electrons. The highest BCUT2D eigenvalue weighted by Gasteiger charge is 2.30. The lowest BCUT2D eigenvalue weighted by Crippen LogP contribution is -2.33. The Kier molecular flexibility index (Phi) is 2.96. The van der Waals surface area contributed by atoms with E-state index in [9.17, 15) is 4.79 Å². The van der Waals surface area contributed by atoms with Gasteiger partial charge in [0.2, 0.25) is 5.91 Å². The summed E-state index contributed by atoms with van der Waals surface area (Å²) in [6.45, 7) is 3.63. The number of hydrogen-bond donors (Lipinski definition) is 0. The number of anilines is 1. The Labute approximate surface area is 101 Å². The van der Waals surface area contributed by atoms with Crippen LogP contribution in [0.5, 0.6) is 11.5 Å². The average Bonchev–Trinajstić information content (AvgIpc) is 2.61. The smallest absolute Gasteiger partial charge is 0.224 e. The molecule has 0 radical (unpaired) electrons. The molecule has 4 heteroatoms. The maximum Gasteiger partial charge on any atom is 0.224 e. The van der Waals surface area contributed by atoms with Gasteiger partial charge in [-0.1, -0.05) is 0 Å². The van der Waals surface area contributed by atoms with E-state index >= 15 is 0 Å². The molecule has 1 aromatic rings. The van der Waals surface area contributed by atoms with Gasteiger partial charge in [0.25, 0.3) is 0 Å². The van der Waals surface area contributed by atoms with Gasteiger partial charge in [0.1, 0.15) is 0 Å². The van der Waals surface area contributed by atoms with Crippen molar-refractivity contribution in [3.05, 3.63) is 17.7 Å². The molecule has 0 aliphatic carbocycles. The van der Waals surface area contributed by atoms with Crippen molar-refractivity contribution in [2.24, 2.45) is 0 Å². The van der Waals surface area contributed by atoms with E-state index in [1.54, 1.807) is 26.0 Å². The van der Waals surface area contributed by atoms with E-state index in [-0.39, 0.29) is 11.9 Å². The van der Waals surface area contributed by atoms with Gasteiger partial charge >= 0.3 is 0 Å². The van der Waals surface area contributed by atoms with Gasteiger partial charge in [-0.2, -0.15) is 0 Å². The van der Waals surface area contributed by atoms with Gasteiger partial charge < -0.3 is 14.4 Å². The van der Waals surface area contributed by atoms with Gasteiger partial charge in [-0.25, -0.2) is 0 Å². The quantitative estimate of drug-likeness (QED) is 0.787. The molecule has 1 aromatic carbocycles. The normalized spacial score (nSPS) is 17.9. The molecule has 2 rings (SSSR count). The van der Waals surface area contributed by atoms with Crippen LogP contribution in [0.25, 0.3) is 0 Å². The molecule has 1 amide bonds. The van der Waals surface area contributed by atoms with Crippen molar-refractivity contribution in [3.8, 4) is 11.5 Å². The van der Waals surface area contributed by atoms with E-state index in [2.05, 4.69) is 0 Å². The fraction of sp³-hybridized carbons (Fsp3) is 0.462. The number of ether oxygens (including phenoxy) is 2. The summed E-state index contributed by atoms with van der Waals surface area (Å²) in [7, 11) is 3.21. The lowest BCUT2D eigenvalue weighted by Gasteiger charge is -2.21. The summed E-state index contributed by atoms with van der Waals surface area (Å²) in [5.41, 5.74) is 2.06. The predicted octanol–water partition coefficient (Wildman–Crippen LogP) is 2.00. The second-order valence-electron chi connectivity index (χ2n) is 4.28. The molecule has 17 heavy (non-hydrogen) atoms. The van der Waals surface area contributed by atoms with Crippen molar-refractivity contribution in [3.63, 3.8) is 0 Å². The summed E-state index contributed by atoms with van der Waals surface area (Å²) < 4.78 is 10.5. The van der Waals surface area contributed by atoms with Gasteiger partial charge in [0, 0.05) is 19.0 Å². The van der Waals surface area contributed by atoms with Crippen molar-refractivity contribution in [2.45, 2.75) is 26.3 Å². The topological polar surface area (TPSA) is 38.8 Å². The molecule has 1 heterocycles.